The van der Waals surface area contributed by atoms with Crippen LogP contribution in [-0.2, 0) is 0 Å². The molecule has 1 aliphatic rings. The van der Waals surface area contributed by atoms with Gasteiger partial charge in [-0.05, 0) is 63.0 Å². The second kappa shape index (κ2) is 13.2. The highest BCUT2D eigenvalue weighted by molar-refractivity contribution is 5.94. The molecule has 1 fully saturated rings. The Bertz CT molecular complexity index is 529. The van der Waals surface area contributed by atoms with Crippen molar-refractivity contribution in [3.05, 3.63) is 29.8 Å². The van der Waals surface area contributed by atoms with Gasteiger partial charge in [-0.3, -0.25) is 4.79 Å². The standard InChI is InChI=1S/C20H33N3O2.2ClH/c1-4-22(5-2)14-15-25-19-8-6-18(7-9-19)20(24)23-12-10-17(11-13-23)16(3)21;;/h6-9,16-17H,4-5,10-15,21H2,1-3H3;2*1H. The molecule has 1 aromatic carbocycles. The lowest BCUT2D eigenvalue weighted by atomic mass is 9.90. The number of halogens is 2. The maximum atomic E-state index is 12.6. The fourth-order valence-corrected chi connectivity index (χ4v) is 3.34. The molecule has 1 saturated heterocycles. The molecule has 0 bridgehead atoms. The molecule has 0 aliphatic carbocycles. The molecule has 0 spiro atoms. The van der Waals surface area contributed by atoms with Crippen LogP contribution < -0.4 is 10.5 Å². The van der Waals surface area contributed by atoms with Gasteiger partial charge < -0.3 is 20.3 Å². The van der Waals surface area contributed by atoms with E-state index in [1.807, 2.05) is 29.2 Å². The molecule has 1 aliphatic heterocycles. The normalized spacial score (nSPS) is 15.7. The van der Waals surface area contributed by atoms with Crippen molar-refractivity contribution in [2.45, 2.75) is 39.7 Å². The number of nitrogens with two attached hydrogens (primary N) is 1. The Morgan fingerprint density at radius 1 is 1.19 bits per heavy atom. The van der Waals surface area contributed by atoms with Gasteiger partial charge in [-0.2, -0.15) is 0 Å². The molecule has 1 atom stereocenters. The number of benzene rings is 1. The topological polar surface area (TPSA) is 58.8 Å². The molecule has 0 saturated carbocycles. The van der Waals surface area contributed by atoms with Gasteiger partial charge in [0.05, 0.1) is 0 Å². The summed E-state index contributed by atoms with van der Waals surface area (Å²) < 4.78 is 5.78. The van der Waals surface area contributed by atoms with Gasteiger partial charge in [-0.1, -0.05) is 13.8 Å². The molecule has 7 heteroatoms. The Hall–Kier alpha value is -1.01. The highest BCUT2D eigenvalue weighted by Crippen LogP contribution is 2.22. The maximum Gasteiger partial charge on any atom is 0.253 e. The summed E-state index contributed by atoms with van der Waals surface area (Å²) in [4.78, 5) is 16.9. The number of rotatable bonds is 8. The van der Waals surface area contributed by atoms with Crippen LogP contribution in [0.5, 0.6) is 5.75 Å². The van der Waals surface area contributed by atoms with Crippen LogP contribution in [0.2, 0.25) is 0 Å². The summed E-state index contributed by atoms with van der Waals surface area (Å²) in [5.41, 5.74) is 6.70. The number of hydrogen-bond acceptors (Lipinski definition) is 4. The van der Waals surface area contributed by atoms with Crippen molar-refractivity contribution in [3.8, 4) is 5.75 Å². The van der Waals surface area contributed by atoms with Gasteiger partial charge in [0, 0.05) is 31.2 Å². The Labute approximate surface area is 176 Å². The average Bonchev–Trinajstić information content (AvgIpc) is 2.65. The summed E-state index contributed by atoms with van der Waals surface area (Å²) >= 11 is 0. The molecule has 156 valence electrons. The van der Waals surface area contributed by atoms with Crippen LogP contribution in [-0.4, -0.2) is 61.1 Å². The smallest absolute Gasteiger partial charge is 0.253 e. The zero-order valence-electron chi connectivity index (χ0n) is 16.7. The predicted molar refractivity (Wildman–Crippen MR) is 116 cm³/mol. The number of hydrogen-bond donors (Lipinski definition) is 1. The summed E-state index contributed by atoms with van der Waals surface area (Å²) in [5, 5.41) is 0. The minimum absolute atomic E-state index is 0. The number of carbonyl (C=O) groups excluding carboxylic acids is 1. The molecule has 1 amide bonds. The molecule has 0 radical (unpaired) electrons. The van der Waals surface area contributed by atoms with Crippen LogP contribution in [0.3, 0.4) is 0 Å². The maximum absolute atomic E-state index is 12.6. The first kappa shape index (κ1) is 26.0. The summed E-state index contributed by atoms with van der Waals surface area (Å²) in [5.74, 6) is 1.46. The van der Waals surface area contributed by atoms with Crippen LogP contribution in [0.15, 0.2) is 24.3 Å². The third kappa shape index (κ3) is 7.86. The molecule has 1 aromatic rings. The summed E-state index contributed by atoms with van der Waals surface area (Å²) in [6.45, 7) is 11.6. The van der Waals surface area contributed by atoms with Gasteiger partial charge in [0.25, 0.3) is 5.91 Å². The van der Waals surface area contributed by atoms with Crippen molar-refractivity contribution in [2.24, 2.45) is 11.7 Å². The van der Waals surface area contributed by atoms with Crippen molar-refractivity contribution in [1.82, 2.24) is 9.80 Å². The van der Waals surface area contributed by atoms with Crippen LogP contribution in [0.25, 0.3) is 0 Å². The Morgan fingerprint density at radius 3 is 2.22 bits per heavy atom. The number of carbonyl (C=O) groups is 1. The highest BCUT2D eigenvalue weighted by atomic mass is 35.5. The minimum atomic E-state index is 0. The molecule has 2 rings (SSSR count). The molecule has 1 heterocycles. The first-order chi connectivity index (χ1) is 12.0. The lowest BCUT2D eigenvalue weighted by molar-refractivity contribution is 0.0681. The zero-order valence-corrected chi connectivity index (χ0v) is 18.4. The predicted octanol–water partition coefficient (Wildman–Crippen LogP) is 3.45. The number of piperidine rings is 1. The lowest BCUT2D eigenvalue weighted by Gasteiger charge is -2.33. The molecule has 1 unspecified atom stereocenters. The minimum Gasteiger partial charge on any atom is -0.492 e. The van der Waals surface area contributed by atoms with Crippen LogP contribution in [0.1, 0.15) is 44.0 Å². The van der Waals surface area contributed by atoms with E-state index in [2.05, 4.69) is 25.7 Å². The van der Waals surface area contributed by atoms with Crippen molar-refractivity contribution >= 4 is 30.7 Å². The van der Waals surface area contributed by atoms with E-state index < -0.39 is 0 Å². The first-order valence-corrected chi connectivity index (χ1v) is 9.55. The molecular formula is C20H35Cl2N3O2. The van der Waals surface area contributed by atoms with E-state index in [-0.39, 0.29) is 36.8 Å². The fourth-order valence-electron chi connectivity index (χ4n) is 3.34. The van der Waals surface area contributed by atoms with Crippen molar-refractivity contribution in [1.29, 1.82) is 0 Å². The number of ether oxygens (including phenoxy) is 1. The molecule has 0 aromatic heterocycles. The molecule has 27 heavy (non-hydrogen) atoms. The van der Waals surface area contributed by atoms with E-state index in [0.29, 0.717) is 12.5 Å². The first-order valence-electron chi connectivity index (χ1n) is 9.55. The average molecular weight is 420 g/mol. The number of amides is 1. The van der Waals surface area contributed by atoms with E-state index in [0.717, 1.165) is 56.9 Å². The third-order valence-electron chi connectivity index (χ3n) is 5.24. The summed E-state index contributed by atoms with van der Waals surface area (Å²) in [6.07, 6.45) is 1.99. The SMILES string of the molecule is CCN(CC)CCOc1ccc(C(=O)N2CCC(C(C)N)CC2)cc1.Cl.Cl. The van der Waals surface area contributed by atoms with Gasteiger partial charge in [-0.15, -0.1) is 24.8 Å². The van der Waals surface area contributed by atoms with Gasteiger partial charge in [-0.25, -0.2) is 0 Å². The Balaban J connectivity index is 0.00000338. The van der Waals surface area contributed by atoms with Crippen LogP contribution in [0.4, 0.5) is 0 Å². The van der Waals surface area contributed by atoms with Crippen molar-refractivity contribution in [2.75, 3.05) is 39.3 Å². The van der Waals surface area contributed by atoms with Gasteiger partial charge in [0.15, 0.2) is 0 Å². The molecule has 2 N–H and O–H groups in total. The molecule has 5 nitrogen and oxygen atoms in total. The molecular weight excluding hydrogens is 385 g/mol. The fraction of sp³-hybridized carbons (Fsp3) is 0.650. The lowest BCUT2D eigenvalue weighted by Crippen LogP contribution is -2.42. The van der Waals surface area contributed by atoms with Crippen molar-refractivity contribution < 1.29 is 9.53 Å². The Kier molecular flexibility index (Phi) is 12.7. The Morgan fingerprint density at radius 2 is 1.74 bits per heavy atom. The largest absolute Gasteiger partial charge is 0.492 e. The summed E-state index contributed by atoms with van der Waals surface area (Å²) in [7, 11) is 0. The highest BCUT2D eigenvalue weighted by Gasteiger charge is 2.25. The van der Waals surface area contributed by atoms with Gasteiger partial charge in [0.2, 0.25) is 0 Å². The number of nitrogens with zero attached hydrogens (tertiary/aromatic N) is 2. The van der Waals surface area contributed by atoms with E-state index in [1.165, 1.54) is 0 Å². The quantitative estimate of drug-likeness (QED) is 0.700. The van der Waals surface area contributed by atoms with Crippen molar-refractivity contribution in [3.63, 3.8) is 0 Å². The van der Waals surface area contributed by atoms with Gasteiger partial charge >= 0.3 is 0 Å². The second-order valence-electron chi connectivity index (χ2n) is 6.89. The van der Waals surface area contributed by atoms with E-state index in [1.54, 1.807) is 0 Å². The summed E-state index contributed by atoms with van der Waals surface area (Å²) in [6, 6.07) is 7.73. The van der Waals surface area contributed by atoms with E-state index in [9.17, 15) is 4.79 Å². The van der Waals surface area contributed by atoms with E-state index in [4.69, 9.17) is 10.5 Å². The third-order valence-corrected chi connectivity index (χ3v) is 5.24. The van der Waals surface area contributed by atoms with Crippen LogP contribution in [0, 0.1) is 5.92 Å². The van der Waals surface area contributed by atoms with Crippen LogP contribution >= 0.6 is 24.8 Å². The number of likely N-dealkylation sites (N-methyl/N-ethyl adjacent to an activating group) is 1. The number of likely N-dealkylation sites (tertiary alicyclic amines) is 1. The van der Waals surface area contributed by atoms with Gasteiger partial charge in [0.1, 0.15) is 12.4 Å². The van der Waals surface area contributed by atoms with E-state index >= 15 is 0 Å². The second-order valence-corrected chi connectivity index (χ2v) is 6.89. The monoisotopic (exact) mass is 419 g/mol. The zero-order chi connectivity index (χ0) is 18.2.